The van der Waals surface area contributed by atoms with E-state index in [-0.39, 0.29) is 17.8 Å². The van der Waals surface area contributed by atoms with Crippen molar-refractivity contribution < 1.29 is 13.9 Å². The summed E-state index contributed by atoms with van der Waals surface area (Å²) >= 11 is 0. The van der Waals surface area contributed by atoms with Crippen molar-refractivity contribution in [3.05, 3.63) is 77.7 Å². The molecule has 1 aromatic heterocycles. The minimum atomic E-state index is -0.305. The summed E-state index contributed by atoms with van der Waals surface area (Å²) in [5, 5.41) is 0.991. The highest BCUT2D eigenvalue weighted by Crippen LogP contribution is 2.19. The molecule has 1 saturated heterocycles. The van der Waals surface area contributed by atoms with E-state index in [9.17, 15) is 9.18 Å². The molecule has 1 unspecified atom stereocenters. The van der Waals surface area contributed by atoms with Gasteiger partial charge >= 0.3 is 0 Å². The minimum Gasteiger partial charge on any atom is -0.376 e. The van der Waals surface area contributed by atoms with Crippen molar-refractivity contribution in [3.63, 3.8) is 0 Å². The molecule has 3 aromatic rings. The maximum Gasteiger partial charge on any atom is 0.272 e. The fraction of sp³-hybridized carbons (Fsp3) is 0.273. The first kappa shape index (κ1) is 17.6. The fourth-order valence-electron chi connectivity index (χ4n) is 3.46. The molecule has 2 heterocycles. The maximum atomic E-state index is 13.6. The number of hydrogen-bond acceptors (Lipinski definition) is 3. The summed E-state index contributed by atoms with van der Waals surface area (Å²) < 4.78 is 19.3. The fourth-order valence-corrected chi connectivity index (χ4v) is 3.46. The van der Waals surface area contributed by atoms with Crippen LogP contribution in [0.5, 0.6) is 0 Å². The van der Waals surface area contributed by atoms with Crippen LogP contribution in [0.3, 0.4) is 0 Å². The predicted octanol–water partition coefficient (Wildman–Crippen LogP) is 4.20. The lowest BCUT2D eigenvalue weighted by Crippen LogP contribution is -2.37. The minimum absolute atomic E-state index is 0.0166. The maximum absolute atomic E-state index is 13.6. The highest BCUT2D eigenvalue weighted by molar-refractivity contribution is 5.94. The van der Waals surface area contributed by atoms with Gasteiger partial charge in [-0.05, 0) is 42.7 Å². The zero-order valence-corrected chi connectivity index (χ0v) is 15.0. The van der Waals surface area contributed by atoms with Crippen LogP contribution in [0.2, 0.25) is 0 Å². The second-order valence-corrected chi connectivity index (χ2v) is 6.84. The van der Waals surface area contributed by atoms with Crippen molar-refractivity contribution in [3.8, 4) is 0 Å². The molecule has 1 aliphatic rings. The predicted molar refractivity (Wildman–Crippen MR) is 102 cm³/mol. The molecule has 0 saturated carbocycles. The summed E-state index contributed by atoms with van der Waals surface area (Å²) in [4.78, 5) is 19.4. The van der Waals surface area contributed by atoms with Crippen LogP contribution in [0, 0.1) is 5.82 Å². The van der Waals surface area contributed by atoms with Crippen LogP contribution in [0.15, 0.2) is 60.7 Å². The molecule has 0 N–H and O–H groups in total. The summed E-state index contributed by atoms with van der Waals surface area (Å²) in [5.41, 5.74) is 1.93. The van der Waals surface area contributed by atoms with E-state index in [1.807, 2.05) is 36.4 Å². The topological polar surface area (TPSA) is 42.4 Å². The van der Waals surface area contributed by atoms with Crippen LogP contribution in [0.4, 0.5) is 4.39 Å². The lowest BCUT2D eigenvalue weighted by atomic mass is 10.1. The zero-order chi connectivity index (χ0) is 18.6. The molecule has 1 amide bonds. The first-order valence-corrected chi connectivity index (χ1v) is 9.20. The van der Waals surface area contributed by atoms with Gasteiger partial charge in [-0.25, -0.2) is 9.37 Å². The van der Waals surface area contributed by atoms with E-state index in [4.69, 9.17) is 4.74 Å². The van der Waals surface area contributed by atoms with Gasteiger partial charge in [-0.15, -0.1) is 0 Å². The molecule has 4 rings (SSSR count). The smallest absolute Gasteiger partial charge is 0.272 e. The number of rotatable bonds is 5. The molecule has 0 aliphatic carbocycles. The van der Waals surface area contributed by atoms with E-state index in [0.29, 0.717) is 18.8 Å². The van der Waals surface area contributed by atoms with Gasteiger partial charge in [-0.2, -0.15) is 0 Å². The summed E-state index contributed by atoms with van der Waals surface area (Å²) in [6.07, 6.45) is 1.95. The third kappa shape index (κ3) is 4.14. The number of hydrogen-bond donors (Lipinski definition) is 0. The highest BCUT2D eigenvalue weighted by Gasteiger charge is 2.24. The summed E-state index contributed by atoms with van der Waals surface area (Å²) in [5.74, 6) is -0.471. The van der Waals surface area contributed by atoms with Crippen molar-refractivity contribution in [2.45, 2.75) is 25.5 Å². The van der Waals surface area contributed by atoms with Gasteiger partial charge in [0.1, 0.15) is 11.5 Å². The molecule has 27 heavy (non-hydrogen) atoms. The monoisotopic (exact) mass is 364 g/mol. The SMILES string of the molecule is O=C(c1ccc2ccccc2n1)N(Cc1cccc(F)c1)CC1CCCO1. The van der Waals surface area contributed by atoms with Crippen LogP contribution < -0.4 is 0 Å². The van der Waals surface area contributed by atoms with Crippen LogP contribution in [-0.4, -0.2) is 35.0 Å². The van der Waals surface area contributed by atoms with E-state index in [2.05, 4.69) is 4.98 Å². The summed E-state index contributed by atoms with van der Waals surface area (Å²) in [7, 11) is 0. The number of carbonyl (C=O) groups excluding carboxylic acids is 1. The molecule has 0 bridgehead atoms. The van der Waals surface area contributed by atoms with Gasteiger partial charge in [-0.1, -0.05) is 36.4 Å². The van der Waals surface area contributed by atoms with Crippen molar-refractivity contribution >= 4 is 16.8 Å². The Labute approximate surface area is 157 Å². The van der Waals surface area contributed by atoms with Crippen molar-refractivity contribution in [1.82, 2.24) is 9.88 Å². The Bertz CT molecular complexity index is 954. The number of pyridine rings is 1. The lowest BCUT2D eigenvalue weighted by Gasteiger charge is -2.25. The van der Waals surface area contributed by atoms with E-state index < -0.39 is 0 Å². The molecule has 138 valence electrons. The van der Waals surface area contributed by atoms with E-state index in [1.165, 1.54) is 12.1 Å². The van der Waals surface area contributed by atoms with Gasteiger partial charge < -0.3 is 9.64 Å². The van der Waals surface area contributed by atoms with Crippen LogP contribution in [-0.2, 0) is 11.3 Å². The van der Waals surface area contributed by atoms with Gasteiger partial charge in [0, 0.05) is 25.1 Å². The molecule has 1 fully saturated rings. The summed E-state index contributed by atoms with van der Waals surface area (Å²) in [6, 6.07) is 17.7. The average molecular weight is 364 g/mol. The third-order valence-electron chi connectivity index (χ3n) is 4.82. The van der Waals surface area contributed by atoms with E-state index in [1.54, 1.807) is 17.0 Å². The van der Waals surface area contributed by atoms with E-state index in [0.717, 1.165) is 35.9 Å². The molecule has 1 atom stereocenters. The number of fused-ring (bicyclic) bond motifs is 1. The summed E-state index contributed by atoms with van der Waals surface area (Å²) in [6.45, 7) is 1.52. The number of benzene rings is 2. The number of halogens is 1. The quantitative estimate of drug-likeness (QED) is 0.682. The Morgan fingerprint density at radius 3 is 2.85 bits per heavy atom. The Kier molecular flexibility index (Phi) is 5.12. The third-order valence-corrected chi connectivity index (χ3v) is 4.82. The second-order valence-electron chi connectivity index (χ2n) is 6.84. The number of para-hydroxylation sites is 1. The normalized spacial score (nSPS) is 16.6. The Morgan fingerprint density at radius 1 is 1.15 bits per heavy atom. The Balaban J connectivity index is 1.61. The largest absolute Gasteiger partial charge is 0.376 e. The number of nitrogens with zero attached hydrogens (tertiary/aromatic N) is 2. The standard InChI is InChI=1S/C22H21FN2O2/c23-18-7-3-5-16(13-18)14-25(15-19-8-4-12-27-19)22(26)21-11-10-17-6-1-2-9-20(17)24-21/h1-3,5-7,9-11,13,19H,4,8,12,14-15H2. The van der Waals surface area contributed by atoms with E-state index >= 15 is 0 Å². The Morgan fingerprint density at radius 2 is 2.04 bits per heavy atom. The van der Waals surface area contributed by atoms with Gasteiger partial charge in [0.25, 0.3) is 5.91 Å². The molecule has 2 aromatic carbocycles. The molecule has 5 heteroatoms. The molecular formula is C22H21FN2O2. The van der Waals surface area contributed by atoms with Gasteiger partial charge in [-0.3, -0.25) is 4.79 Å². The number of aromatic nitrogens is 1. The van der Waals surface area contributed by atoms with Crippen molar-refractivity contribution in [2.24, 2.45) is 0 Å². The highest BCUT2D eigenvalue weighted by atomic mass is 19.1. The van der Waals surface area contributed by atoms with Crippen molar-refractivity contribution in [2.75, 3.05) is 13.2 Å². The molecular weight excluding hydrogens is 343 g/mol. The van der Waals surface area contributed by atoms with Crippen molar-refractivity contribution in [1.29, 1.82) is 0 Å². The number of ether oxygens (including phenoxy) is 1. The van der Waals surface area contributed by atoms with Gasteiger partial charge in [0.2, 0.25) is 0 Å². The molecule has 1 aliphatic heterocycles. The second kappa shape index (κ2) is 7.84. The molecule has 4 nitrogen and oxygen atoms in total. The van der Waals surface area contributed by atoms with Crippen LogP contribution in [0.1, 0.15) is 28.9 Å². The number of amides is 1. The van der Waals surface area contributed by atoms with Gasteiger partial charge in [0.05, 0.1) is 11.6 Å². The Hall–Kier alpha value is -2.79. The van der Waals surface area contributed by atoms with Gasteiger partial charge in [0.15, 0.2) is 0 Å². The zero-order valence-electron chi connectivity index (χ0n) is 15.0. The van der Waals surface area contributed by atoms with Crippen LogP contribution >= 0.6 is 0 Å². The first-order chi connectivity index (χ1) is 13.2. The molecule has 0 radical (unpaired) electrons. The average Bonchev–Trinajstić information content (AvgIpc) is 3.20. The van der Waals surface area contributed by atoms with Crippen LogP contribution in [0.25, 0.3) is 10.9 Å². The first-order valence-electron chi connectivity index (χ1n) is 9.20. The lowest BCUT2D eigenvalue weighted by molar-refractivity contribution is 0.0503. The number of carbonyl (C=O) groups is 1. The molecule has 0 spiro atoms.